The van der Waals surface area contributed by atoms with Crippen molar-refractivity contribution in [3.05, 3.63) is 65.2 Å². The largest absolute Gasteiger partial charge is 0.444 e. The Balaban J connectivity index is 1.75. The Kier molecular flexibility index (Phi) is 7.81. The van der Waals surface area contributed by atoms with Crippen LogP contribution in [0.2, 0.25) is 5.02 Å². The maximum absolute atomic E-state index is 15.4. The van der Waals surface area contributed by atoms with E-state index in [4.69, 9.17) is 16.3 Å². The molecule has 1 aliphatic heterocycles. The Bertz CT molecular complexity index is 1350. The van der Waals surface area contributed by atoms with Crippen molar-refractivity contribution in [2.75, 3.05) is 10.7 Å². The quantitative estimate of drug-likeness (QED) is 0.389. The van der Waals surface area contributed by atoms with E-state index in [1.54, 1.807) is 60.9 Å². The molecule has 1 aliphatic rings. The van der Waals surface area contributed by atoms with Gasteiger partial charge in [-0.05, 0) is 71.4 Å². The zero-order chi connectivity index (χ0) is 27.8. The molecule has 0 bridgehead atoms. The maximum atomic E-state index is 15.4. The third kappa shape index (κ3) is 6.50. The lowest BCUT2D eigenvalue weighted by Gasteiger charge is -2.27. The van der Waals surface area contributed by atoms with Crippen LogP contribution in [0.5, 0.6) is 0 Å². The van der Waals surface area contributed by atoms with Crippen LogP contribution in [0, 0.1) is 5.82 Å². The highest BCUT2D eigenvalue weighted by molar-refractivity contribution is 7.99. The van der Waals surface area contributed by atoms with Crippen LogP contribution in [0.4, 0.5) is 14.9 Å². The molecule has 2 aromatic carbocycles. The molecule has 0 spiro atoms. The van der Waals surface area contributed by atoms with Crippen LogP contribution >= 0.6 is 23.4 Å². The fraction of sp³-hybridized carbons (Fsp3) is 0.393. The van der Waals surface area contributed by atoms with Crippen LogP contribution in [0.1, 0.15) is 47.1 Å². The van der Waals surface area contributed by atoms with Crippen molar-refractivity contribution in [2.45, 2.75) is 70.2 Å². The molecule has 1 atom stereocenters. The van der Waals surface area contributed by atoms with E-state index in [1.165, 1.54) is 17.8 Å². The molecule has 0 fully saturated rings. The zero-order valence-electron chi connectivity index (χ0n) is 22.3. The minimum Gasteiger partial charge on any atom is -0.444 e. The van der Waals surface area contributed by atoms with E-state index in [9.17, 15) is 9.59 Å². The second-order valence-corrected chi connectivity index (χ2v) is 12.7. The molecule has 202 valence electrons. The molecule has 1 aromatic heterocycles. The number of carbonyl (C=O) groups is 2. The van der Waals surface area contributed by atoms with Crippen LogP contribution < -0.4 is 10.2 Å². The number of nitrogens with zero attached hydrogens (tertiary/aromatic N) is 3. The normalized spacial score (nSPS) is 16.2. The summed E-state index contributed by atoms with van der Waals surface area (Å²) in [4.78, 5) is 28.6. The molecule has 3 aromatic rings. The van der Waals surface area contributed by atoms with Crippen molar-refractivity contribution in [3.63, 3.8) is 0 Å². The lowest BCUT2D eigenvalue weighted by atomic mass is 10.1. The number of ether oxygens (including phenoxy) is 1. The average Bonchev–Trinajstić information content (AvgIpc) is 3.27. The SMILES string of the molecule is CC(C)(C)OC(=O)N[C@H]1CSc2cc(F)c(-c3cnn(C(C)(C)C)c3)cc2N(Cc2ccc(Cl)cc2)C1=O. The Morgan fingerprint density at radius 3 is 2.47 bits per heavy atom. The van der Waals surface area contributed by atoms with Crippen molar-refractivity contribution in [1.29, 1.82) is 0 Å². The molecule has 0 aliphatic carbocycles. The summed E-state index contributed by atoms with van der Waals surface area (Å²) < 4.78 is 22.6. The first-order valence-electron chi connectivity index (χ1n) is 12.3. The number of fused-ring (bicyclic) bond motifs is 1. The molecule has 4 rings (SSSR count). The van der Waals surface area contributed by atoms with Gasteiger partial charge in [-0.3, -0.25) is 9.48 Å². The van der Waals surface area contributed by atoms with Crippen LogP contribution in [0.25, 0.3) is 11.1 Å². The predicted octanol–water partition coefficient (Wildman–Crippen LogP) is 6.63. The second kappa shape index (κ2) is 10.6. The Hall–Kier alpha value is -3.04. The first-order valence-corrected chi connectivity index (χ1v) is 13.6. The molecule has 7 nitrogen and oxygen atoms in total. The van der Waals surface area contributed by atoms with Crippen LogP contribution in [0.3, 0.4) is 0 Å². The number of hydrogen-bond donors (Lipinski definition) is 1. The lowest BCUT2D eigenvalue weighted by Crippen LogP contribution is -2.50. The van der Waals surface area contributed by atoms with Crippen LogP contribution in [-0.4, -0.2) is 39.2 Å². The summed E-state index contributed by atoms with van der Waals surface area (Å²) >= 11 is 7.38. The first kappa shape index (κ1) is 28.0. The number of alkyl carbamates (subject to hydrolysis) is 1. The van der Waals surface area contributed by atoms with Crippen LogP contribution in [0.15, 0.2) is 53.7 Å². The van der Waals surface area contributed by atoms with Crippen LogP contribution in [-0.2, 0) is 21.6 Å². The summed E-state index contributed by atoms with van der Waals surface area (Å²) in [6.45, 7) is 11.5. The number of halogens is 2. The number of aromatic nitrogens is 2. The number of benzene rings is 2. The highest BCUT2D eigenvalue weighted by Gasteiger charge is 2.34. The summed E-state index contributed by atoms with van der Waals surface area (Å²) in [5.74, 6) is -0.509. The number of hydrogen-bond acceptors (Lipinski definition) is 5. The van der Waals surface area contributed by atoms with Gasteiger partial charge in [0.2, 0.25) is 0 Å². The van der Waals surface area contributed by atoms with Gasteiger partial charge in [-0.1, -0.05) is 23.7 Å². The van der Waals surface area contributed by atoms with Gasteiger partial charge in [0.1, 0.15) is 17.5 Å². The smallest absolute Gasteiger partial charge is 0.408 e. The highest BCUT2D eigenvalue weighted by Crippen LogP contribution is 2.40. The van der Waals surface area contributed by atoms with Crippen molar-refractivity contribution in [1.82, 2.24) is 15.1 Å². The summed E-state index contributed by atoms with van der Waals surface area (Å²) in [6.07, 6.45) is 2.74. The minimum atomic E-state index is -0.871. The molecule has 0 unspecified atom stereocenters. The van der Waals surface area contributed by atoms with Gasteiger partial charge in [0, 0.05) is 33.0 Å². The summed E-state index contributed by atoms with van der Waals surface area (Å²) in [5, 5.41) is 7.69. The monoisotopic (exact) mass is 558 g/mol. The minimum absolute atomic E-state index is 0.211. The zero-order valence-corrected chi connectivity index (χ0v) is 23.9. The molecule has 0 saturated heterocycles. The fourth-order valence-corrected chi connectivity index (χ4v) is 5.16. The van der Waals surface area contributed by atoms with Crippen molar-refractivity contribution in [2.24, 2.45) is 0 Å². The molecule has 10 heteroatoms. The number of rotatable bonds is 4. The third-order valence-electron chi connectivity index (χ3n) is 5.83. The standard InChI is InChI=1S/C28H32ClFN4O3S/c1-27(2,3)34-15-18(13-31-34)20-11-23-24(12-21(20)30)38-16-22(32-26(36)37-28(4,5)6)25(35)33(23)14-17-7-9-19(29)10-8-17/h7-13,15,22H,14,16H2,1-6H3,(H,32,36)/t22-/m0/s1. The van der Waals surface area contributed by atoms with Gasteiger partial charge in [0.15, 0.2) is 0 Å². The number of nitrogens with one attached hydrogen (secondary N) is 1. The number of anilines is 1. The number of carbonyl (C=O) groups excluding carboxylic acids is 2. The Morgan fingerprint density at radius 2 is 1.87 bits per heavy atom. The number of thioether (sulfide) groups is 1. The van der Waals surface area contributed by atoms with Gasteiger partial charge in [-0.15, -0.1) is 11.8 Å². The van der Waals surface area contributed by atoms with Gasteiger partial charge in [0.05, 0.1) is 24.0 Å². The summed E-state index contributed by atoms with van der Waals surface area (Å²) in [7, 11) is 0. The molecule has 0 saturated carbocycles. The van der Waals surface area contributed by atoms with E-state index in [-0.39, 0.29) is 23.7 Å². The van der Waals surface area contributed by atoms with E-state index in [0.717, 1.165) is 5.56 Å². The van der Waals surface area contributed by atoms with Crippen molar-refractivity contribution < 1.29 is 18.7 Å². The molecular weight excluding hydrogens is 527 g/mol. The Morgan fingerprint density at radius 1 is 1.18 bits per heavy atom. The lowest BCUT2D eigenvalue weighted by molar-refractivity contribution is -0.120. The van der Waals surface area contributed by atoms with Gasteiger partial charge in [0.25, 0.3) is 5.91 Å². The predicted molar refractivity (Wildman–Crippen MR) is 149 cm³/mol. The molecule has 0 radical (unpaired) electrons. The third-order valence-corrected chi connectivity index (χ3v) is 7.22. The summed E-state index contributed by atoms with van der Waals surface area (Å²) in [6, 6.07) is 9.44. The average molecular weight is 559 g/mol. The van der Waals surface area contributed by atoms with Gasteiger partial charge in [-0.25, -0.2) is 9.18 Å². The molecule has 1 N–H and O–H groups in total. The molecule has 38 heavy (non-hydrogen) atoms. The van der Waals surface area contributed by atoms with Crippen molar-refractivity contribution in [3.8, 4) is 11.1 Å². The summed E-state index contributed by atoms with van der Waals surface area (Å²) in [5.41, 5.74) is 1.36. The Labute approximate surface area is 231 Å². The van der Waals surface area contributed by atoms with Crippen molar-refractivity contribution >= 4 is 41.1 Å². The maximum Gasteiger partial charge on any atom is 0.408 e. The van der Waals surface area contributed by atoms with E-state index in [1.807, 2.05) is 32.9 Å². The first-order chi connectivity index (χ1) is 17.7. The second-order valence-electron chi connectivity index (χ2n) is 11.2. The topological polar surface area (TPSA) is 76.5 Å². The van der Waals surface area contributed by atoms with E-state index < -0.39 is 23.6 Å². The van der Waals surface area contributed by atoms with E-state index in [0.29, 0.717) is 26.7 Å². The van der Waals surface area contributed by atoms with Gasteiger partial charge >= 0.3 is 6.09 Å². The fourth-order valence-electron chi connectivity index (χ4n) is 3.96. The van der Waals surface area contributed by atoms with Gasteiger partial charge in [-0.2, -0.15) is 5.10 Å². The molecular formula is C28H32ClFN4O3S. The molecule has 2 heterocycles. The number of amides is 2. The van der Waals surface area contributed by atoms with E-state index in [2.05, 4.69) is 10.4 Å². The van der Waals surface area contributed by atoms with Gasteiger partial charge < -0.3 is 15.0 Å². The molecule has 2 amide bonds. The van der Waals surface area contributed by atoms with E-state index >= 15 is 4.39 Å². The highest BCUT2D eigenvalue weighted by atomic mass is 35.5.